The van der Waals surface area contributed by atoms with Crippen molar-refractivity contribution in [1.82, 2.24) is 4.57 Å². The van der Waals surface area contributed by atoms with Crippen molar-refractivity contribution in [1.29, 1.82) is 0 Å². The zero-order chi connectivity index (χ0) is 16.7. The third kappa shape index (κ3) is 2.52. The quantitative estimate of drug-likeness (QED) is 0.913. The largest absolute Gasteiger partial charge is 0.496 e. The van der Waals surface area contributed by atoms with Gasteiger partial charge in [0.15, 0.2) is 0 Å². The molecule has 1 aromatic carbocycles. The topological polar surface area (TPSA) is 57.2 Å². The molecule has 0 unspecified atom stereocenters. The molecule has 2 aromatic rings. The van der Waals surface area contributed by atoms with Crippen molar-refractivity contribution in [3.63, 3.8) is 0 Å². The van der Waals surface area contributed by atoms with Crippen molar-refractivity contribution in [3.8, 4) is 16.9 Å². The maximum Gasteiger partial charge on any atom is 0.251 e. The Morgan fingerprint density at radius 3 is 2.52 bits per heavy atom. The Morgan fingerprint density at radius 2 is 2.04 bits per heavy atom. The number of amides is 1. The molecular formula is C19H24N2O2. The monoisotopic (exact) mass is 312 g/mol. The fraction of sp³-hybridized carbons (Fsp3) is 0.421. The number of carbonyl (C=O) groups excluding carboxylic acids is 1. The third-order valence-corrected chi connectivity index (χ3v) is 4.73. The van der Waals surface area contributed by atoms with Crippen molar-refractivity contribution < 1.29 is 9.53 Å². The Bertz CT molecular complexity index is 770. The highest BCUT2D eigenvalue weighted by Gasteiger charge is 2.32. The molecule has 4 nitrogen and oxygen atoms in total. The first kappa shape index (κ1) is 15.7. The lowest BCUT2D eigenvalue weighted by molar-refractivity contribution is 0.1000. The second-order valence-electron chi connectivity index (χ2n) is 6.29. The average Bonchev–Trinajstić information content (AvgIpc) is 3.30. The van der Waals surface area contributed by atoms with E-state index in [4.69, 9.17) is 10.5 Å². The normalized spacial score (nSPS) is 14.1. The van der Waals surface area contributed by atoms with Gasteiger partial charge in [0.2, 0.25) is 0 Å². The van der Waals surface area contributed by atoms with Gasteiger partial charge in [0.25, 0.3) is 5.91 Å². The lowest BCUT2D eigenvalue weighted by Gasteiger charge is -2.12. The Hall–Kier alpha value is -2.23. The SMILES string of the molecule is CCc1c(-c2ccc(OC)c(C)c2)c(C(N)=O)c(C)n1C1CC1. The van der Waals surface area contributed by atoms with Gasteiger partial charge in [-0.3, -0.25) is 4.79 Å². The summed E-state index contributed by atoms with van der Waals surface area (Å²) in [4.78, 5) is 12.1. The minimum absolute atomic E-state index is 0.347. The first-order chi connectivity index (χ1) is 11.0. The average molecular weight is 312 g/mol. The van der Waals surface area contributed by atoms with Gasteiger partial charge in [-0.15, -0.1) is 0 Å². The number of nitrogens with two attached hydrogens (primary N) is 1. The summed E-state index contributed by atoms with van der Waals surface area (Å²) >= 11 is 0. The van der Waals surface area contributed by atoms with Gasteiger partial charge in [-0.1, -0.05) is 13.0 Å². The molecule has 4 heteroatoms. The summed E-state index contributed by atoms with van der Waals surface area (Å²) in [5, 5.41) is 0. The number of rotatable bonds is 5. The van der Waals surface area contributed by atoms with Gasteiger partial charge in [-0.05, 0) is 56.4 Å². The lowest BCUT2D eigenvalue weighted by atomic mass is 9.97. The van der Waals surface area contributed by atoms with E-state index in [1.54, 1.807) is 7.11 Å². The van der Waals surface area contributed by atoms with Crippen LogP contribution in [0.1, 0.15) is 53.1 Å². The number of aromatic nitrogens is 1. The van der Waals surface area contributed by atoms with Gasteiger partial charge in [0.1, 0.15) is 5.75 Å². The highest BCUT2D eigenvalue weighted by atomic mass is 16.5. The van der Waals surface area contributed by atoms with Crippen LogP contribution < -0.4 is 10.5 Å². The predicted octanol–water partition coefficient (Wildman–Crippen LogP) is 3.78. The number of aryl methyl sites for hydroxylation is 1. The van der Waals surface area contributed by atoms with E-state index < -0.39 is 0 Å². The van der Waals surface area contributed by atoms with Gasteiger partial charge in [-0.2, -0.15) is 0 Å². The van der Waals surface area contributed by atoms with Crippen molar-refractivity contribution in [2.45, 2.75) is 46.1 Å². The Morgan fingerprint density at radius 1 is 1.35 bits per heavy atom. The summed E-state index contributed by atoms with van der Waals surface area (Å²) in [6.07, 6.45) is 3.24. The summed E-state index contributed by atoms with van der Waals surface area (Å²) in [7, 11) is 1.67. The summed E-state index contributed by atoms with van der Waals surface area (Å²) in [6.45, 7) is 6.17. The minimum Gasteiger partial charge on any atom is -0.496 e. The maximum atomic E-state index is 12.1. The smallest absolute Gasteiger partial charge is 0.251 e. The molecule has 0 spiro atoms. The highest BCUT2D eigenvalue weighted by molar-refractivity contribution is 6.02. The molecule has 23 heavy (non-hydrogen) atoms. The third-order valence-electron chi connectivity index (χ3n) is 4.73. The molecular weight excluding hydrogens is 288 g/mol. The van der Waals surface area contributed by atoms with Gasteiger partial charge in [0, 0.05) is 23.0 Å². The van der Waals surface area contributed by atoms with Crippen LogP contribution in [0.15, 0.2) is 18.2 Å². The molecule has 3 rings (SSSR count). The molecule has 122 valence electrons. The van der Waals surface area contributed by atoms with Gasteiger partial charge in [-0.25, -0.2) is 0 Å². The number of primary amides is 1. The van der Waals surface area contributed by atoms with E-state index in [9.17, 15) is 4.79 Å². The van der Waals surface area contributed by atoms with Gasteiger partial charge >= 0.3 is 0 Å². The number of hydrogen-bond donors (Lipinski definition) is 1. The first-order valence-corrected chi connectivity index (χ1v) is 8.18. The second kappa shape index (κ2) is 5.76. The molecule has 0 bridgehead atoms. The predicted molar refractivity (Wildman–Crippen MR) is 92.1 cm³/mol. The molecule has 0 atom stereocenters. The Labute approximate surface area is 137 Å². The van der Waals surface area contributed by atoms with Crippen LogP contribution in [0.5, 0.6) is 5.75 Å². The van der Waals surface area contributed by atoms with Crippen molar-refractivity contribution in [2.24, 2.45) is 5.73 Å². The molecule has 1 amide bonds. The van der Waals surface area contributed by atoms with Crippen LogP contribution in [-0.4, -0.2) is 17.6 Å². The Kier molecular flexibility index (Phi) is 3.92. The Balaban J connectivity index is 2.27. The number of hydrogen-bond acceptors (Lipinski definition) is 2. The molecule has 1 aliphatic rings. The molecule has 1 heterocycles. The molecule has 2 N–H and O–H groups in total. The number of methoxy groups -OCH3 is 1. The summed E-state index contributed by atoms with van der Waals surface area (Å²) in [5.74, 6) is 0.505. The summed E-state index contributed by atoms with van der Waals surface area (Å²) < 4.78 is 7.68. The number of carbonyl (C=O) groups is 1. The van der Waals surface area contributed by atoms with E-state index in [1.807, 2.05) is 26.0 Å². The van der Waals surface area contributed by atoms with Crippen molar-refractivity contribution >= 4 is 5.91 Å². The van der Waals surface area contributed by atoms with Crippen LogP contribution in [0.3, 0.4) is 0 Å². The maximum absolute atomic E-state index is 12.1. The van der Waals surface area contributed by atoms with E-state index in [0.717, 1.165) is 34.6 Å². The van der Waals surface area contributed by atoms with Crippen molar-refractivity contribution in [3.05, 3.63) is 40.7 Å². The zero-order valence-corrected chi connectivity index (χ0v) is 14.3. The van der Waals surface area contributed by atoms with Gasteiger partial charge < -0.3 is 15.0 Å². The summed E-state index contributed by atoms with van der Waals surface area (Å²) in [5.41, 5.74) is 11.7. The van der Waals surface area contributed by atoms with Gasteiger partial charge in [0.05, 0.1) is 12.7 Å². The van der Waals surface area contributed by atoms with Crippen LogP contribution >= 0.6 is 0 Å². The van der Waals surface area contributed by atoms with E-state index in [-0.39, 0.29) is 5.91 Å². The number of nitrogens with zero attached hydrogens (tertiary/aromatic N) is 1. The first-order valence-electron chi connectivity index (χ1n) is 8.18. The van der Waals surface area contributed by atoms with Crippen LogP contribution in [0.25, 0.3) is 11.1 Å². The van der Waals surface area contributed by atoms with E-state index in [0.29, 0.717) is 11.6 Å². The lowest BCUT2D eigenvalue weighted by Crippen LogP contribution is -2.13. The fourth-order valence-corrected chi connectivity index (χ4v) is 3.59. The second-order valence-corrected chi connectivity index (χ2v) is 6.29. The molecule has 1 fully saturated rings. The molecule has 1 aliphatic carbocycles. The number of ether oxygens (including phenoxy) is 1. The summed E-state index contributed by atoms with van der Waals surface area (Å²) in [6, 6.07) is 6.58. The molecule has 0 aliphatic heterocycles. The van der Waals surface area contributed by atoms with E-state index in [2.05, 4.69) is 17.6 Å². The van der Waals surface area contributed by atoms with Crippen molar-refractivity contribution in [2.75, 3.05) is 7.11 Å². The van der Waals surface area contributed by atoms with Crippen LogP contribution in [0.2, 0.25) is 0 Å². The van der Waals surface area contributed by atoms with E-state index in [1.165, 1.54) is 18.5 Å². The minimum atomic E-state index is -0.347. The van der Waals surface area contributed by atoms with Crippen LogP contribution in [0.4, 0.5) is 0 Å². The molecule has 1 saturated carbocycles. The highest BCUT2D eigenvalue weighted by Crippen LogP contribution is 2.43. The van der Waals surface area contributed by atoms with Crippen LogP contribution in [0, 0.1) is 13.8 Å². The van der Waals surface area contributed by atoms with Crippen LogP contribution in [-0.2, 0) is 6.42 Å². The fourth-order valence-electron chi connectivity index (χ4n) is 3.59. The molecule has 0 saturated heterocycles. The molecule has 1 aromatic heterocycles. The zero-order valence-electron chi connectivity index (χ0n) is 14.3. The van der Waals surface area contributed by atoms with E-state index >= 15 is 0 Å². The number of benzene rings is 1. The standard InChI is InChI=1S/C19H24N2O2/c1-5-15-18(13-6-9-16(23-4)11(2)10-13)17(19(20)22)12(3)21(15)14-7-8-14/h6,9-10,14H,5,7-8H2,1-4H3,(H2,20,22). The molecule has 0 radical (unpaired) electrons.